The number of likely N-dealkylation sites (tertiary alicyclic amines) is 1. The molecule has 7 nitrogen and oxygen atoms in total. The number of nitro groups is 1. The molecule has 20 heavy (non-hydrogen) atoms. The minimum absolute atomic E-state index is 0.141. The number of carbonyl (C=O) groups is 1. The van der Waals surface area contributed by atoms with E-state index in [1.165, 1.54) is 6.07 Å². The summed E-state index contributed by atoms with van der Waals surface area (Å²) in [6, 6.07) is 4.59. The Bertz CT molecular complexity index is 573. The van der Waals surface area contributed by atoms with Gasteiger partial charge in [0.25, 0.3) is 11.6 Å². The van der Waals surface area contributed by atoms with Gasteiger partial charge in [0.05, 0.1) is 10.6 Å². The van der Waals surface area contributed by atoms with Crippen LogP contribution in [0.4, 0.5) is 5.69 Å². The third-order valence-corrected chi connectivity index (χ3v) is 3.43. The largest absolute Gasteiger partial charge is 0.411 e. The molecule has 0 aliphatic carbocycles. The maximum Gasteiger partial charge on any atom is 0.282 e. The third kappa shape index (κ3) is 2.61. The van der Waals surface area contributed by atoms with Gasteiger partial charge >= 0.3 is 0 Å². The molecule has 1 aromatic carbocycles. The Labute approximate surface area is 115 Å². The molecule has 0 bridgehead atoms. The smallest absolute Gasteiger partial charge is 0.282 e. The van der Waals surface area contributed by atoms with Crippen molar-refractivity contribution in [2.24, 2.45) is 5.16 Å². The fraction of sp³-hybridized carbons (Fsp3) is 0.385. The lowest BCUT2D eigenvalue weighted by molar-refractivity contribution is -0.385. The van der Waals surface area contributed by atoms with Crippen LogP contribution >= 0.6 is 0 Å². The van der Waals surface area contributed by atoms with Crippen molar-refractivity contribution in [3.8, 4) is 0 Å². The van der Waals surface area contributed by atoms with E-state index in [4.69, 9.17) is 5.21 Å². The van der Waals surface area contributed by atoms with E-state index in [1.807, 2.05) is 0 Å². The molecule has 0 atom stereocenters. The highest BCUT2D eigenvalue weighted by Gasteiger charge is 2.28. The van der Waals surface area contributed by atoms with E-state index in [0.717, 1.165) is 0 Å². The second-order valence-electron chi connectivity index (χ2n) is 4.68. The Hall–Kier alpha value is -2.44. The molecule has 0 radical (unpaired) electrons. The second-order valence-corrected chi connectivity index (χ2v) is 4.68. The molecule has 1 N–H and O–H groups in total. The van der Waals surface area contributed by atoms with E-state index >= 15 is 0 Å². The highest BCUT2D eigenvalue weighted by Crippen LogP contribution is 2.24. The maximum absolute atomic E-state index is 12.5. The van der Waals surface area contributed by atoms with E-state index in [9.17, 15) is 14.9 Å². The molecular weight excluding hydrogens is 262 g/mol. The summed E-state index contributed by atoms with van der Waals surface area (Å²) in [6.07, 6.45) is 0.976. The normalized spacial score (nSPS) is 15.1. The molecule has 1 aliphatic heterocycles. The van der Waals surface area contributed by atoms with Crippen LogP contribution in [0.3, 0.4) is 0 Å². The van der Waals surface area contributed by atoms with Crippen LogP contribution in [-0.4, -0.2) is 39.7 Å². The highest BCUT2D eigenvalue weighted by atomic mass is 16.6. The van der Waals surface area contributed by atoms with Gasteiger partial charge in [0.2, 0.25) is 0 Å². The summed E-state index contributed by atoms with van der Waals surface area (Å²) < 4.78 is 0. The molecular formula is C13H15N3O4. The molecule has 0 saturated carbocycles. The van der Waals surface area contributed by atoms with E-state index in [0.29, 0.717) is 37.2 Å². The summed E-state index contributed by atoms with van der Waals surface area (Å²) in [7, 11) is 0. The summed E-state index contributed by atoms with van der Waals surface area (Å²) in [5.41, 5.74) is 1.21. The first kappa shape index (κ1) is 14.0. The molecule has 0 spiro atoms. The number of hydrogen-bond acceptors (Lipinski definition) is 5. The molecule has 106 valence electrons. The molecule has 1 amide bonds. The Morgan fingerprint density at radius 3 is 2.60 bits per heavy atom. The summed E-state index contributed by atoms with van der Waals surface area (Å²) >= 11 is 0. The van der Waals surface area contributed by atoms with Crippen molar-refractivity contribution in [3.05, 3.63) is 39.4 Å². The van der Waals surface area contributed by atoms with Crippen molar-refractivity contribution >= 4 is 17.3 Å². The number of amides is 1. The minimum atomic E-state index is -0.537. The Kier molecular flexibility index (Phi) is 3.97. The topological polar surface area (TPSA) is 96.0 Å². The Morgan fingerprint density at radius 2 is 2.05 bits per heavy atom. The fourth-order valence-corrected chi connectivity index (χ4v) is 2.31. The van der Waals surface area contributed by atoms with Crippen LogP contribution in [0.1, 0.15) is 28.8 Å². The summed E-state index contributed by atoms with van der Waals surface area (Å²) in [5, 5.41) is 22.9. The minimum Gasteiger partial charge on any atom is -0.411 e. The zero-order valence-corrected chi connectivity index (χ0v) is 11.1. The standard InChI is InChI=1S/C13H15N3O4/c1-9-3-2-4-11(16(19)20)12(9)13(17)15-7-5-10(14-18)6-8-15/h2-4,18H,5-8H2,1H3. The van der Waals surface area contributed by atoms with Gasteiger partial charge in [-0.3, -0.25) is 14.9 Å². The zero-order valence-electron chi connectivity index (χ0n) is 11.1. The molecule has 7 heteroatoms. The van der Waals surface area contributed by atoms with Crippen molar-refractivity contribution in [2.75, 3.05) is 13.1 Å². The number of nitro benzene ring substituents is 1. The number of hydrogen-bond donors (Lipinski definition) is 1. The number of rotatable bonds is 2. The van der Waals surface area contributed by atoms with Crippen LogP contribution in [0.5, 0.6) is 0 Å². The number of aryl methyl sites for hydroxylation is 1. The summed E-state index contributed by atoms with van der Waals surface area (Å²) in [5.74, 6) is -0.341. The van der Waals surface area contributed by atoms with Crippen LogP contribution < -0.4 is 0 Å². The molecule has 2 rings (SSSR count). The van der Waals surface area contributed by atoms with Gasteiger partial charge in [-0.15, -0.1) is 0 Å². The molecule has 0 aromatic heterocycles. The summed E-state index contributed by atoms with van der Waals surface area (Å²) in [4.78, 5) is 24.5. The number of nitrogens with zero attached hydrogens (tertiary/aromatic N) is 3. The van der Waals surface area contributed by atoms with Gasteiger partial charge in [-0.25, -0.2) is 0 Å². The lowest BCUT2D eigenvalue weighted by Gasteiger charge is -2.27. The van der Waals surface area contributed by atoms with Crippen molar-refractivity contribution in [1.29, 1.82) is 0 Å². The van der Waals surface area contributed by atoms with Crippen LogP contribution in [0.25, 0.3) is 0 Å². The van der Waals surface area contributed by atoms with Crippen molar-refractivity contribution in [3.63, 3.8) is 0 Å². The van der Waals surface area contributed by atoms with Crippen molar-refractivity contribution in [1.82, 2.24) is 4.90 Å². The average Bonchev–Trinajstić information content (AvgIpc) is 2.46. The molecule has 1 aliphatic rings. The predicted molar refractivity (Wildman–Crippen MR) is 72.2 cm³/mol. The second kappa shape index (κ2) is 5.68. The van der Waals surface area contributed by atoms with E-state index in [1.54, 1.807) is 24.0 Å². The van der Waals surface area contributed by atoms with Crippen LogP contribution in [0, 0.1) is 17.0 Å². The van der Waals surface area contributed by atoms with Crippen LogP contribution in [0.15, 0.2) is 23.4 Å². The average molecular weight is 277 g/mol. The van der Waals surface area contributed by atoms with E-state index in [-0.39, 0.29) is 17.2 Å². The lowest BCUT2D eigenvalue weighted by Crippen LogP contribution is -2.39. The molecule has 1 saturated heterocycles. The number of oxime groups is 1. The first-order valence-electron chi connectivity index (χ1n) is 6.27. The van der Waals surface area contributed by atoms with Crippen molar-refractivity contribution in [2.45, 2.75) is 19.8 Å². The van der Waals surface area contributed by atoms with E-state index < -0.39 is 4.92 Å². The van der Waals surface area contributed by atoms with Crippen LogP contribution in [0.2, 0.25) is 0 Å². The quantitative estimate of drug-likeness (QED) is 0.507. The Balaban J connectivity index is 2.28. The Morgan fingerprint density at radius 1 is 1.40 bits per heavy atom. The van der Waals surface area contributed by atoms with Gasteiger partial charge < -0.3 is 10.1 Å². The monoisotopic (exact) mass is 277 g/mol. The molecule has 1 aromatic rings. The van der Waals surface area contributed by atoms with Gasteiger partial charge in [-0.1, -0.05) is 17.3 Å². The van der Waals surface area contributed by atoms with Gasteiger partial charge in [-0.05, 0) is 12.5 Å². The molecule has 1 heterocycles. The van der Waals surface area contributed by atoms with Crippen molar-refractivity contribution < 1.29 is 14.9 Å². The summed E-state index contributed by atoms with van der Waals surface area (Å²) in [6.45, 7) is 2.50. The van der Waals surface area contributed by atoms with E-state index in [2.05, 4.69) is 5.16 Å². The van der Waals surface area contributed by atoms with Gasteiger partial charge in [-0.2, -0.15) is 0 Å². The maximum atomic E-state index is 12.5. The van der Waals surface area contributed by atoms with Gasteiger partial charge in [0, 0.05) is 32.0 Å². The molecule has 0 unspecified atom stereocenters. The number of benzene rings is 1. The fourth-order valence-electron chi connectivity index (χ4n) is 2.31. The van der Waals surface area contributed by atoms with Gasteiger partial charge in [0.15, 0.2) is 0 Å². The first-order valence-corrected chi connectivity index (χ1v) is 6.27. The number of piperidine rings is 1. The highest BCUT2D eigenvalue weighted by molar-refractivity contribution is 6.00. The number of carbonyl (C=O) groups excluding carboxylic acids is 1. The van der Waals surface area contributed by atoms with Crippen LogP contribution in [-0.2, 0) is 0 Å². The van der Waals surface area contributed by atoms with Gasteiger partial charge in [0.1, 0.15) is 5.56 Å². The first-order chi connectivity index (χ1) is 9.54. The predicted octanol–water partition coefficient (Wildman–Crippen LogP) is 1.97. The zero-order chi connectivity index (χ0) is 14.7. The SMILES string of the molecule is Cc1cccc([N+](=O)[O-])c1C(=O)N1CCC(=NO)CC1. The lowest BCUT2D eigenvalue weighted by atomic mass is 10.0. The third-order valence-electron chi connectivity index (χ3n) is 3.43. The molecule has 1 fully saturated rings.